The zero-order chi connectivity index (χ0) is 18.2. The maximum atomic E-state index is 13.9. The number of aryl methyl sites for hydroxylation is 1. The van der Waals surface area contributed by atoms with E-state index < -0.39 is 5.41 Å². The molecule has 1 saturated heterocycles. The third-order valence-corrected chi connectivity index (χ3v) is 5.75. The maximum Gasteiger partial charge on any atom is 0.266 e. The van der Waals surface area contributed by atoms with Gasteiger partial charge in [0.2, 0.25) is 5.91 Å². The maximum absolute atomic E-state index is 13.9. The summed E-state index contributed by atoms with van der Waals surface area (Å²) >= 11 is 3.24. The van der Waals surface area contributed by atoms with E-state index in [0.717, 1.165) is 16.6 Å². The number of carbonyl (C=O) groups is 1. The number of nitrogens with zero attached hydrogens (tertiary/aromatic N) is 7. The summed E-state index contributed by atoms with van der Waals surface area (Å²) in [7, 11) is 3.44. The van der Waals surface area contributed by atoms with Gasteiger partial charge in [0.1, 0.15) is 11.2 Å². The summed E-state index contributed by atoms with van der Waals surface area (Å²) in [5, 5.41) is 12.8. The van der Waals surface area contributed by atoms with Crippen molar-refractivity contribution in [2.24, 2.45) is 7.05 Å². The largest absolute Gasteiger partial charge is 0.335 e. The van der Waals surface area contributed by atoms with Crippen molar-refractivity contribution >= 4 is 44.4 Å². The van der Waals surface area contributed by atoms with Crippen molar-refractivity contribution in [3.05, 3.63) is 34.2 Å². The highest BCUT2D eigenvalue weighted by Crippen LogP contribution is 2.50. The minimum atomic E-state index is -0.707. The number of likely N-dealkylation sites (N-methyl/N-ethyl adjacent to an activating group) is 1. The predicted octanol–water partition coefficient (Wildman–Crippen LogP) is 1.39. The molecule has 1 spiro atoms. The van der Waals surface area contributed by atoms with E-state index in [4.69, 9.17) is 0 Å². The molecule has 5 rings (SSSR count). The van der Waals surface area contributed by atoms with Gasteiger partial charge in [-0.05, 0) is 27.2 Å². The Balaban J connectivity index is 1.67. The van der Waals surface area contributed by atoms with Crippen molar-refractivity contribution in [1.82, 2.24) is 25.2 Å². The normalized spacial score (nSPS) is 17.9. The van der Waals surface area contributed by atoms with Gasteiger partial charge in [0.15, 0.2) is 0 Å². The van der Waals surface area contributed by atoms with Crippen molar-refractivity contribution in [2.45, 2.75) is 5.41 Å². The van der Waals surface area contributed by atoms with Crippen LogP contribution in [0.25, 0.3) is 10.9 Å². The molecular weight excluding hydrogens is 405 g/mol. The van der Waals surface area contributed by atoms with E-state index in [0.29, 0.717) is 29.0 Å². The number of benzene rings is 1. The molecular formula is C16H13BrFN7O. The van der Waals surface area contributed by atoms with Crippen LogP contribution in [0.15, 0.2) is 22.8 Å². The first-order chi connectivity index (χ1) is 12.4. The van der Waals surface area contributed by atoms with Gasteiger partial charge in [0, 0.05) is 37.2 Å². The lowest BCUT2D eigenvalue weighted by Crippen LogP contribution is -2.64. The van der Waals surface area contributed by atoms with E-state index in [1.807, 2.05) is 4.90 Å². The number of rotatable bonds is 1. The third kappa shape index (κ3) is 1.84. The van der Waals surface area contributed by atoms with E-state index >= 15 is 0 Å². The molecule has 1 amide bonds. The van der Waals surface area contributed by atoms with Crippen LogP contribution in [-0.2, 0) is 17.3 Å². The second-order valence-electron chi connectivity index (χ2n) is 6.68. The van der Waals surface area contributed by atoms with Gasteiger partial charge in [-0.3, -0.25) is 9.78 Å². The molecule has 0 N–H and O–H groups in total. The molecule has 4 heterocycles. The van der Waals surface area contributed by atoms with Crippen molar-refractivity contribution in [3.8, 4) is 0 Å². The molecule has 2 aliphatic heterocycles. The average Bonchev–Trinajstić information content (AvgIpc) is 3.09. The van der Waals surface area contributed by atoms with Crippen molar-refractivity contribution in [3.63, 3.8) is 0 Å². The summed E-state index contributed by atoms with van der Waals surface area (Å²) in [5.41, 5.74) is 1.47. The fourth-order valence-corrected chi connectivity index (χ4v) is 4.26. The number of amides is 1. The highest BCUT2D eigenvalue weighted by Gasteiger charge is 2.59. The molecule has 1 aromatic carbocycles. The number of pyridine rings is 1. The monoisotopic (exact) mass is 417 g/mol. The Morgan fingerprint density at radius 3 is 2.73 bits per heavy atom. The fraction of sp³-hybridized carbons (Fsp3) is 0.312. The quantitative estimate of drug-likeness (QED) is 0.595. The van der Waals surface area contributed by atoms with Gasteiger partial charge in [-0.25, -0.2) is 4.39 Å². The first-order valence-corrected chi connectivity index (χ1v) is 8.75. The molecule has 0 bridgehead atoms. The smallest absolute Gasteiger partial charge is 0.266 e. The van der Waals surface area contributed by atoms with Gasteiger partial charge in [-0.15, -0.1) is 5.10 Å². The van der Waals surface area contributed by atoms with E-state index in [1.165, 1.54) is 10.9 Å². The number of carbonyl (C=O) groups excluding carboxylic acids is 1. The zero-order valence-electron chi connectivity index (χ0n) is 13.9. The molecule has 0 saturated carbocycles. The lowest BCUT2D eigenvalue weighted by molar-refractivity contribution is -0.123. The molecule has 0 radical (unpaired) electrons. The summed E-state index contributed by atoms with van der Waals surface area (Å²) in [4.78, 5) is 22.3. The molecule has 0 aliphatic carbocycles. The van der Waals surface area contributed by atoms with E-state index in [-0.39, 0.29) is 11.7 Å². The standard InChI is InChI=1S/C16H13BrFN7O/c1-23-12-5-19-11-4-10(18)9(17)3-8(11)13(12)16(14(23)26)6-25(7-16)15-20-22-24(2)21-15/h3-5H,6-7H2,1-2H3. The Hall–Kier alpha value is -2.62. The molecule has 2 aliphatic rings. The van der Waals surface area contributed by atoms with Crippen molar-refractivity contribution in [2.75, 3.05) is 29.9 Å². The molecule has 10 heteroatoms. The van der Waals surface area contributed by atoms with Crippen LogP contribution in [0.5, 0.6) is 0 Å². The number of hydrogen-bond acceptors (Lipinski definition) is 6. The summed E-state index contributed by atoms with van der Waals surface area (Å²) < 4.78 is 14.3. The Labute approximate surface area is 155 Å². The fourth-order valence-electron chi connectivity index (χ4n) is 3.91. The molecule has 26 heavy (non-hydrogen) atoms. The molecule has 1 fully saturated rings. The van der Waals surface area contributed by atoms with Gasteiger partial charge in [-0.2, -0.15) is 4.80 Å². The minimum Gasteiger partial charge on any atom is -0.335 e. The predicted molar refractivity (Wildman–Crippen MR) is 95.5 cm³/mol. The lowest BCUT2D eigenvalue weighted by atomic mass is 9.73. The zero-order valence-corrected chi connectivity index (χ0v) is 15.5. The number of halogens is 2. The van der Waals surface area contributed by atoms with Crippen molar-refractivity contribution in [1.29, 1.82) is 0 Å². The van der Waals surface area contributed by atoms with Crippen LogP contribution < -0.4 is 9.80 Å². The van der Waals surface area contributed by atoms with Crippen LogP contribution >= 0.6 is 15.9 Å². The Morgan fingerprint density at radius 2 is 2.04 bits per heavy atom. The SMILES string of the molecule is CN1C(=O)C2(CN(c3nnn(C)n3)C2)c2c1cnc1cc(F)c(Br)cc21. The Kier molecular flexibility index (Phi) is 2.98. The lowest BCUT2D eigenvalue weighted by Gasteiger charge is -2.46. The van der Waals surface area contributed by atoms with Crippen LogP contribution in [0.4, 0.5) is 16.0 Å². The van der Waals surface area contributed by atoms with Crippen LogP contribution in [0.3, 0.4) is 0 Å². The van der Waals surface area contributed by atoms with E-state index in [2.05, 4.69) is 36.3 Å². The van der Waals surface area contributed by atoms with Crippen molar-refractivity contribution < 1.29 is 9.18 Å². The Bertz CT molecular complexity index is 1090. The summed E-state index contributed by atoms with van der Waals surface area (Å²) in [6.07, 6.45) is 1.64. The molecule has 3 aromatic rings. The third-order valence-electron chi connectivity index (χ3n) is 5.15. The van der Waals surface area contributed by atoms with Gasteiger partial charge in [0.05, 0.1) is 28.9 Å². The van der Waals surface area contributed by atoms with Gasteiger partial charge >= 0.3 is 0 Å². The first kappa shape index (κ1) is 15.6. The topological polar surface area (TPSA) is 80.0 Å². The highest BCUT2D eigenvalue weighted by atomic mass is 79.9. The number of hydrogen-bond donors (Lipinski definition) is 0. The number of aromatic nitrogens is 5. The van der Waals surface area contributed by atoms with E-state index in [9.17, 15) is 9.18 Å². The molecule has 0 atom stereocenters. The molecule has 0 unspecified atom stereocenters. The minimum absolute atomic E-state index is 0.00221. The second kappa shape index (κ2) is 4.97. The molecule has 132 valence electrons. The van der Waals surface area contributed by atoms with Gasteiger partial charge in [-0.1, -0.05) is 5.10 Å². The van der Waals surface area contributed by atoms with Crippen LogP contribution in [0.1, 0.15) is 5.56 Å². The van der Waals surface area contributed by atoms with Crippen LogP contribution in [0.2, 0.25) is 0 Å². The van der Waals surface area contributed by atoms with Gasteiger partial charge < -0.3 is 9.80 Å². The van der Waals surface area contributed by atoms with Crippen LogP contribution in [0, 0.1) is 5.82 Å². The van der Waals surface area contributed by atoms with Crippen LogP contribution in [-0.4, -0.2) is 51.2 Å². The number of tetrazole rings is 1. The highest BCUT2D eigenvalue weighted by molar-refractivity contribution is 9.10. The molecule has 2 aromatic heterocycles. The number of fused-ring (bicyclic) bond motifs is 4. The van der Waals surface area contributed by atoms with Gasteiger partial charge in [0.25, 0.3) is 5.95 Å². The summed E-state index contributed by atoms with van der Waals surface area (Å²) in [6, 6.07) is 3.09. The first-order valence-electron chi connectivity index (χ1n) is 7.96. The average molecular weight is 418 g/mol. The Morgan fingerprint density at radius 1 is 1.27 bits per heavy atom. The molecule has 8 nitrogen and oxygen atoms in total. The number of anilines is 2. The second-order valence-corrected chi connectivity index (χ2v) is 7.54. The van der Waals surface area contributed by atoms with E-state index in [1.54, 1.807) is 31.3 Å². The summed E-state index contributed by atoms with van der Waals surface area (Å²) in [6.45, 7) is 0.895. The summed E-state index contributed by atoms with van der Waals surface area (Å²) in [5.74, 6) is 0.116.